The molecule has 0 aromatic carbocycles. The quantitative estimate of drug-likeness (QED) is 0.552. The summed E-state index contributed by atoms with van der Waals surface area (Å²) in [6.07, 6.45) is 4.31. The van der Waals surface area contributed by atoms with E-state index in [4.69, 9.17) is 0 Å². The van der Waals surface area contributed by atoms with Crippen LogP contribution in [0.5, 0.6) is 0 Å². The van der Waals surface area contributed by atoms with E-state index in [0.717, 1.165) is 30.1 Å². The maximum absolute atomic E-state index is 2.66. The van der Waals surface area contributed by atoms with Gasteiger partial charge in [0.15, 0.2) is 0 Å². The fraction of sp³-hybridized carbons (Fsp3) is 1.00. The predicted molar refractivity (Wildman–Crippen MR) is 53.7 cm³/mol. The lowest BCUT2D eigenvalue weighted by Gasteiger charge is -2.49. The van der Waals surface area contributed by atoms with E-state index in [9.17, 15) is 0 Å². The van der Waals surface area contributed by atoms with E-state index in [0.29, 0.717) is 0 Å². The van der Waals surface area contributed by atoms with Crippen LogP contribution in [0.4, 0.5) is 0 Å². The summed E-state index contributed by atoms with van der Waals surface area (Å²) >= 11 is 0. The van der Waals surface area contributed by atoms with Crippen molar-refractivity contribution in [2.45, 2.75) is 50.4 Å². The van der Waals surface area contributed by atoms with Gasteiger partial charge in [0.2, 0.25) is 0 Å². The van der Waals surface area contributed by atoms with Gasteiger partial charge in [0.1, 0.15) is 0 Å². The van der Waals surface area contributed by atoms with Crippen molar-refractivity contribution >= 4 is 0 Å². The largest absolute Gasteiger partial charge is 0.300 e. The predicted octanol–water partition coefficient (Wildman–Crippen LogP) is 1.17. The van der Waals surface area contributed by atoms with Gasteiger partial charge >= 0.3 is 0 Å². The summed E-state index contributed by atoms with van der Waals surface area (Å²) in [5.41, 5.74) is 0. The van der Waals surface area contributed by atoms with Gasteiger partial charge in [0.25, 0.3) is 0 Å². The molecule has 3 fully saturated rings. The number of hydrogen-bond acceptors (Lipinski definition) is 2. The summed E-state index contributed by atoms with van der Waals surface area (Å²) in [6.45, 7) is 2.42. The second-order valence-electron chi connectivity index (χ2n) is 5.32. The minimum Gasteiger partial charge on any atom is -0.300 e. The van der Waals surface area contributed by atoms with Crippen LogP contribution in [0.15, 0.2) is 0 Å². The van der Waals surface area contributed by atoms with E-state index in [-0.39, 0.29) is 0 Å². The second-order valence-corrected chi connectivity index (χ2v) is 5.32. The summed E-state index contributed by atoms with van der Waals surface area (Å²) in [5, 5.41) is 0. The smallest absolute Gasteiger partial charge is 0.0154 e. The third-order valence-electron chi connectivity index (χ3n) is 5.03. The first kappa shape index (κ1) is 8.25. The molecule has 0 amide bonds. The van der Waals surface area contributed by atoms with Crippen molar-refractivity contribution in [2.75, 3.05) is 14.1 Å². The Bertz CT molecular complexity index is 222. The Hall–Kier alpha value is -0.0800. The van der Waals surface area contributed by atoms with Gasteiger partial charge < -0.3 is 9.80 Å². The zero-order valence-electron chi connectivity index (χ0n) is 8.90. The highest BCUT2D eigenvalue weighted by Gasteiger charge is 2.52. The fourth-order valence-corrected chi connectivity index (χ4v) is 3.99. The summed E-state index contributed by atoms with van der Waals surface area (Å²) in [6, 6.07) is 3.52. The molecule has 13 heavy (non-hydrogen) atoms. The van der Waals surface area contributed by atoms with Gasteiger partial charge in [-0.2, -0.15) is 0 Å². The maximum Gasteiger partial charge on any atom is 0.0154 e. The Morgan fingerprint density at radius 2 is 1.62 bits per heavy atom. The lowest BCUT2D eigenvalue weighted by atomic mass is 9.84. The molecule has 3 saturated heterocycles. The van der Waals surface area contributed by atoms with E-state index < -0.39 is 0 Å². The van der Waals surface area contributed by atoms with Crippen molar-refractivity contribution in [3.05, 3.63) is 0 Å². The molecule has 3 bridgehead atoms. The van der Waals surface area contributed by atoms with Crippen LogP contribution in [0.1, 0.15) is 26.2 Å². The van der Waals surface area contributed by atoms with Crippen molar-refractivity contribution in [1.29, 1.82) is 0 Å². The van der Waals surface area contributed by atoms with Gasteiger partial charge in [-0.15, -0.1) is 0 Å². The average Bonchev–Trinajstić information content (AvgIpc) is 2.33. The Balaban J connectivity index is 1.96. The average molecular weight is 180 g/mol. The molecule has 3 rings (SSSR count). The highest BCUT2D eigenvalue weighted by atomic mass is 15.3. The van der Waals surface area contributed by atoms with Gasteiger partial charge in [0, 0.05) is 24.2 Å². The van der Waals surface area contributed by atoms with Crippen molar-refractivity contribution in [3.8, 4) is 0 Å². The summed E-state index contributed by atoms with van der Waals surface area (Å²) in [7, 11) is 4.66. The van der Waals surface area contributed by atoms with E-state index in [1.54, 1.807) is 0 Å². The molecular weight excluding hydrogens is 160 g/mol. The van der Waals surface area contributed by atoms with Gasteiger partial charge in [-0.25, -0.2) is 0 Å². The topological polar surface area (TPSA) is 6.48 Å². The van der Waals surface area contributed by atoms with Crippen molar-refractivity contribution in [2.24, 2.45) is 5.92 Å². The van der Waals surface area contributed by atoms with Crippen LogP contribution in [0, 0.1) is 5.92 Å². The molecule has 0 spiro atoms. The molecule has 0 aliphatic carbocycles. The second kappa shape index (κ2) is 2.48. The molecular formula is C11H20N2. The molecule has 0 aromatic rings. The first-order chi connectivity index (χ1) is 6.18. The normalized spacial score (nSPS) is 56.1. The summed E-state index contributed by atoms with van der Waals surface area (Å²) < 4.78 is 0. The van der Waals surface area contributed by atoms with Gasteiger partial charge in [-0.1, -0.05) is 0 Å². The molecule has 2 nitrogen and oxygen atoms in total. The van der Waals surface area contributed by atoms with Crippen LogP contribution in [-0.2, 0) is 0 Å². The van der Waals surface area contributed by atoms with Crippen molar-refractivity contribution < 1.29 is 0 Å². The van der Waals surface area contributed by atoms with Crippen LogP contribution in [0.3, 0.4) is 0 Å². The Labute approximate surface area is 80.9 Å². The van der Waals surface area contributed by atoms with E-state index in [1.165, 1.54) is 19.3 Å². The molecule has 3 aliphatic rings. The van der Waals surface area contributed by atoms with Gasteiger partial charge in [0.05, 0.1) is 0 Å². The molecule has 5 unspecified atom stereocenters. The minimum atomic E-state index is 0.818. The monoisotopic (exact) mass is 180 g/mol. The number of hydrogen-bond donors (Lipinski definition) is 0. The lowest BCUT2D eigenvalue weighted by molar-refractivity contribution is 0.00529. The van der Waals surface area contributed by atoms with Crippen LogP contribution in [0.2, 0.25) is 0 Å². The first-order valence-corrected chi connectivity index (χ1v) is 5.62. The van der Waals surface area contributed by atoms with E-state index >= 15 is 0 Å². The Morgan fingerprint density at radius 3 is 2.38 bits per heavy atom. The molecule has 3 heterocycles. The van der Waals surface area contributed by atoms with E-state index in [1.807, 2.05) is 0 Å². The van der Waals surface area contributed by atoms with Crippen LogP contribution in [-0.4, -0.2) is 48.1 Å². The molecule has 2 heteroatoms. The number of nitrogens with zero attached hydrogens (tertiary/aromatic N) is 2. The number of rotatable bonds is 0. The highest BCUT2D eigenvalue weighted by Crippen LogP contribution is 2.46. The van der Waals surface area contributed by atoms with Gasteiger partial charge in [-0.3, -0.25) is 0 Å². The van der Waals surface area contributed by atoms with Gasteiger partial charge in [-0.05, 0) is 46.2 Å². The Morgan fingerprint density at radius 1 is 0.923 bits per heavy atom. The zero-order chi connectivity index (χ0) is 9.16. The maximum atomic E-state index is 2.66. The van der Waals surface area contributed by atoms with Crippen molar-refractivity contribution in [1.82, 2.24) is 9.80 Å². The van der Waals surface area contributed by atoms with Crippen LogP contribution >= 0.6 is 0 Å². The number of piperidine rings is 2. The number of likely N-dealkylation sites (tertiary alicyclic amines) is 1. The SMILES string of the molecule is CC1C2CC3CC(CC2N3C)N1C. The van der Waals surface area contributed by atoms with E-state index in [2.05, 4.69) is 30.8 Å². The third-order valence-corrected chi connectivity index (χ3v) is 5.03. The van der Waals surface area contributed by atoms with Crippen LogP contribution in [0.25, 0.3) is 0 Å². The highest BCUT2D eigenvalue weighted by molar-refractivity contribution is 5.08. The standard InChI is InChI=1S/C11H20N2/c1-7-10-5-8-4-9(12(7)2)6-11(10)13(8)3/h7-11H,4-6H2,1-3H3. The molecule has 0 aromatic heterocycles. The summed E-state index contributed by atoms with van der Waals surface area (Å²) in [4.78, 5) is 5.29. The molecule has 5 atom stereocenters. The fourth-order valence-electron chi connectivity index (χ4n) is 3.99. The number of fused-ring (bicyclic) bond motifs is 2. The zero-order valence-corrected chi connectivity index (χ0v) is 8.90. The molecule has 0 N–H and O–H groups in total. The third kappa shape index (κ3) is 0.909. The van der Waals surface area contributed by atoms with Crippen molar-refractivity contribution in [3.63, 3.8) is 0 Å². The lowest BCUT2D eigenvalue weighted by Crippen LogP contribution is -2.57. The minimum absolute atomic E-state index is 0.818. The van der Waals surface area contributed by atoms with Crippen LogP contribution < -0.4 is 0 Å². The summed E-state index contributed by atoms with van der Waals surface area (Å²) in [5.74, 6) is 0.957. The Kier molecular flexibility index (Phi) is 1.58. The molecule has 0 radical (unpaired) electrons. The molecule has 0 saturated carbocycles. The molecule has 74 valence electrons. The first-order valence-electron chi connectivity index (χ1n) is 5.62. The molecule has 3 aliphatic heterocycles.